The Hall–Kier alpha value is -4.92. The number of nitro benzene ring substituents is 1. The number of rotatable bonds is 16. The molecule has 0 radical (unpaired) electrons. The summed E-state index contributed by atoms with van der Waals surface area (Å²) in [6.07, 6.45) is 0.670. The number of amides is 1. The second-order valence-corrected chi connectivity index (χ2v) is 17.9. The van der Waals surface area contributed by atoms with Crippen LogP contribution in [0.5, 0.6) is 0 Å². The molecule has 0 aromatic heterocycles. The lowest BCUT2D eigenvalue weighted by atomic mass is 9.99. The maximum atomic E-state index is 13.4. The molecule has 0 aliphatic carbocycles. The largest absolute Gasteiger partial charge is 0.373 e. The van der Waals surface area contributed by atoms with Crippen LogP contribution < -0.4 is 14.9 Å². The van der Waals surface area contributed by atoms with Crippen LogP contribution in [0.3, 0.4) is 0 Å². The second-order valence-electron chi connectivity index (χ2n) is 14.7. The number of piperazine rings is 1. The number of hydrogen-bond donors (Lipinski definition) is 2. The molecule has 1 aliphatic heterocycles. The minimum absolute atomic E-state index is 0.153. The molecule has 1 amide bonds. The molecule has 2 N–H and O–H groups in total. The fraction of sp³-hybridized carbons (Fsp3) is 0.279. The van der Waals surface area contributed by atoms with Crippen molar-refractivity contribution >= 4 is 56.4 Å². The van der Waals surface area contributed by atoms with Gasteiger partial charge < -0.3 is 15.1 Å². The predicted octanol–water partition coefficient (Wildman–Crippen LogP) is 8.27. The summed E-state index contributed by atoms with van der Waals surface area (Å²) in [4.78, 5) is 32.2. The van der Waals surface area contributed by atoms with Crippen molar-refractivity contribution in [2.75, 3.05) is 62.8 Å². The van der Waals surface area contributed by atoms with Gasteiger partial charge in [-0.1, -0.05) is 66.2 Å². The number of hydrogen-bond acceptors (Lipinski definition) is 10. The molecule has 1 fully saturated rings. The zero-order valence-corrected chi connectivity index (χ0v) is 34.6. The zero-order chi connectivity index (χ0) is 40.6. The van der Waals surface area contributed by atoms with Gasteiger partial charge in [0.05, 0.1) is 9.82 Å². The van der Waals surface area contributed by atoms with Gasteiger partial charge in [-0.2, -0.15) is 0 Å². The van der Waals surface area contributed by atoms with Gasteiger partial charge in [-0.05, 0) is 111 Å². The van der Waals surface area contributed by atoms with E-state index in [2.05, 4.69) is 38.0 Å². The molecule has 14 heteroatoms. The van der Waals surface area contributed by atoms with Gasteiger partial charge in [0.2, 0.25) is 0 Å². The third kappa shape index (κ3) is 11.1. The van der Waals surface area contributed by atoms with E-state index >= 15 is 0 Å². The molecule has 1 aliphatic rings. The molecule has 0 saturated carbocycles. The Kier molecular flexibility index (Phi) is 13.6. The number of carbonyl (C=O) groups excluding carboxylic acids is 1. The quantitative estimate of drug-likeness (QED) is 0.0570. The second kappa shape index (κ2) is 18.6. The summed E-state index contributed by atoms with van der Waals surface area (Å²) in [7, 11) is -0.518. The molecular formula is C43H47ClN6O5S2. The highest BCUT2D eigenvalue weighted by molar-refractivity contribution is 7.99. The fourth-order valence-corrected chi connectivity index (χ4v) is 8.87. The minimum Gasteiger partial charge on any atom is -0.373 e. The first-order chi connectivity index (χ1) is 27.3. The maximum Gasteiger partial charge on any atom is 0.293 e. The van der Waals surface area contributed by atoms with E-state index in [9.17, 15) is 23.3 Å². The van der Waals surface area contributed by atoms with Gasteiger partial charge >= 0.3 is 0 Å². The number of thioether (sulfide) groups is 1. The highest BCUT2D eigenvalue weighted by Gasteiger charge is 2.30. The molecule has 6 rings (SSSR count). The monoisotopic (exact) mass is 826 g/mol. The lowest BCUT2D eigenvalue weighted by Gasteiger charge is -2.36. The van der Waals surface area contributed by atoms with Crippen molar-refractivity contribution in [2.24, 2.45) is 0 Å². The Bertz CT molecular complexity index is 2270. The smallest absolute Gasteiger partial charge is 0.293 e. The summed E-state index contributed by atoms with van der Waals surface area (Å²) in [5.41, 5.74) is 3.85. The van der Waals surface area contributed by atoms with Gasteiger partial charge in [0, 0.05) is 71.3 Å². The zero-order valence-electron chi connectivity index (χ0n) is 32.2. The van der Waals surface area contributed by atoms with Gasteiger partial charge in [-0.15, -0.1) is 11.8 Å². The van der Waals surface area contributed by atoms with E-state index in [0.717, 1.165) is 61.5 Å². The van der Waals surface area contributed by atoms with Gasteiger partial charge in [-0.25, -0.2) is 13.1 Å². The number of nitrogens with zero attached hydrogens (tertiary/aromatic N) is 4. The summed E-state index contributed by atoms with van der Waals surface area (Å²) in [5, 5.41) is 16.3. The van der Waals surface area contributed by atoms with Gasteiger partial charge in [0.15, 0.2) is 0 Å². The van der Waals surface area contributed by atoms with E-state index in [1.807, 2.05) is 98.7 Å². The van der Waals surface area contributed by atoms with Crippen LogP contribution >= 0.6 is 23.4 Å². The third-order valence-electron chi connectivity index (χ3n) is 9.98. The molecule has 0 spiro atoms. The molecule has 298 valence electrons. The molecule has 1 heterocycles. The van der Waals surface area contributed by atoms with Crippen LogP contribution in [0.2, 0.25) is 5.02 Å². The molecule has 5 aromatic carbocycles. The molecular weight excluding hydrogens is 780 g/mol. The Morgan fingerprint density at radius 3 is 2.23 bits per heavy atom. The van der Waals surface area contributed by atoms with E-state index < -0.39 is 32.1 Å². The number of carbonyl (C=O) groups is 1. The van der Waals surface area contributed by atoms with Crippen molar-refractivity contribution in [1.82, 2.24) is 14.5 Å². The van der Waals surface area contributed by atoms with Crippen molar-refractivity contribution < 1.29 is 18.1 Å². The Labute approximate surface area is 344 Å². The topological polar surface area (TPSA) is 128 Å². The summed E-state index contributed by atoms with van der Waals surface area (Å²) >= 11 is 7.75. The Morgan fingerprint density at radius 1 is 0.895 bits per heavy atom. The lowest BCUT2D eigenvalue weighted by Crippen LogP contribution is -2.46. The van der Waals surface area contributed by atoms with Crippen LogP contribution in [0.25, 0.3) is 11.1 Å². The maximum absolute atomic E-state index is 13.4. The first-order valence-electron chi connectivity index (χ1n) is 18.7. The highest BCUT2D eigenvalue weighted by atomic mass is 35.5. The lowest BCUT2D eigenvalue weighted by molar-refractivity contribution is -0.384. The van der Waals surface area contributed by atoms with Crippen LogP contribution in [0, 0.1) is 10.1 Å². The highest BCUT2D eigenvalue weighted by Crippen LogP contribution is 2.34. The number of benzene rings is 5. The van der Waals surface area contributed by atoms with Crippen LogP contribution in [-0.4, -0.2) is 87.2 Å². The third-order valence-corrected chi connectivity index (χ3v) is 13.0. The predicted molar refractivity (Wildman–Crippen MR) is 231 cm³/mol. The van der Waals surface area contributed by atoms with E-state index in [4.69, 9.17) is 11.6 Å². The Balaban J connectivity index is 1.07. The number of anilines is 2. The number of nitro groups is 1. The van der Waals surface area contributed by atoms with Gasteiger partial charge in [-0.3, -0.25) is 19.8 Å². The Morgan fingerprint density at radius 2 is 1.56 bits per heavy atom. The average Bonchev–Trinajstić information content (AvgIpc) is 3.20. The summed E-state index contributed by atoms with van der Waals surface area (Å²) < 4.78 is 28.9. The molecule has 1 atom stereocenters. The van der Waals surface area contributed by atoms with Crippen molar-refractivity contribution in [3.8, 4) is 11.1 Å². The molecule has 1 saturated heterocycles. The van der Waals surface area contributed by atoms with E-state index in [0.29, 0.717) is 17.2 Å². The normalized spacial score (nSPS) is 14.6. The van der Waals surface area contributed by atoms with E-state index in [-0.39, 0.29) is 16.1 Å². The van der Waals surface area contributed by atoms with Gasteiger partial charge in [0.25, 0.3) is 21.6 Å². The summed E-state index contributed by atoms with van der Waals surface area (Å²) in [6.45, 7) is 6.80. The number of sulfonamides is 1. The van der Waals surface area contributed by atoms with Crippen molar-refractivity contribution in [3.05, 3.63) is 148 Å². The molecule has 0 bridgehead atoms. The summed E-state index contributed by atoms with van der Waals surface area (Å²) in [5.74, 6) is -0.224. The van der Waals surface area contributed by atoms with Crippen molar-refractivity contribution in [1.29, 1.82) is 0 Å². The van der Waals surface area contributed by atoms with Gasteiger partial charge in [0.1, 0.15) is 5.69 Å². The number of nitrogens with one attached hydrogen (secondary N) is 2. The molecule has 0 unspecified atom stereocenters. The summed E-state index contributed by atoms with van der Waals surface area (Å²) in [6, 6.07) is 36.6. The molecule has 57 heavy (non-hydrogen) atoms. The van der Waals surface area contributed by atoms with E-state index in [1.165, 1.54) is 23.3 Å². The van der Waals surface area contributed by atoms with Crippen LogP contribution in [0.15, 0.2) is 131 Å². The fourth-order valence-electron chi connectivity index (χ4n) is 6.70. The number of halogens is 1. The molecule has 5 aromatic rings. The SMILES string of the molecule is CN(C)CC[C@@](C)(CSc1ccccc1)Nc1ccc(S(=O)(=O)NC(=O)c2ccc(N3CCN(Cc4ccccc4-c4ccc(Cl)cc4)CC3)cc2)cc1[N+](=O)[O-]. The average molecular weight is 827 g/mol. The van der Waals surface area contributed by atoms with Crippen LogP contribution in [-0.2, 0) is 16.6 Å². The first-order valence-corrected chi connectivity index (χ1v) is 21.5. The van der Waals surface area contributed by atoms with Crippen LogP contribution in [0.4, 0.5) is 17.1 Å². The minimum atomic E-state index is -4.44. The van der Waals surface area contributed by atoms with Crippen molar-refractivity contribution in [2.45, 2.75) is 35.2 Å². The standard InChI is InChI=1S/C43H47ClN6O5S2/c1-43(23-24-47(2)3,31-56-37-10-5-4-6-11-37)45-40-22-21-38(29-41(40)50(52)53)57(54,55)46-42(51)33-15-19-36(20-16-33)49-27-25-48(26-28-49)30-34-9-7-8-12-39(34)32-13-17-35(44)18-14-32/h4-22,29,45H,23-28,30-31H2,1-3H3,(H,46,51)/t43-/m0/s1. The molecule has 11 nitrogen and oxygen atoms in total. The van der Waals surface area contributed by atoms with E-state index in [1.54, 1.807) is 23.9 Å². The van der Waals surface area contributed by atoms with Crippen molar-refractivity contribution in [3.63, 3.8) is 0 Å². The van der Waals surface area contributed by atoms with Crippen LogP contribution in [0.1, 0.15) is 29.3 Å². The first kappa shape index (κ1) is 41.7.